The molecular weight excluding hydrogens is 372 g/mol. The van der Waals surface area contributed by atoms with Gasteiger partial charge in [-0.3, -0.25) is 4.99 Å². The van der Waals surface area contributed by atoms with Gasteiger partial charge in [-0.15, -0.1) is 0 Å². The maximum absolute atomic E-state index is 10.6. The number of hydrogen-bond acceptors (Lipinski definition) is 5. The predicted octanol–water partition coefficient (Wildman–Crippen LogP) is 4.46. The molecule has 164 valence electrons. The summed E-state index contributed by atoms with van der Waals surface area (Å²) in [6, 6.07) is 2.01. The zero-order valence-corrected chi connectivity index (χ0v) is 18.6. The van der Waals surface area contributed by atoms with E-state index in [1.54, 1.807) is 0 Å². The van der Waals surface area contributed by atoms with E-state index in [0.717, 1.165) is 48.6 Å². The maximum atomic E-state index is 10.6. The molecule has 0 radical (unpaired) electrons. The zero-order chi connectivity index (χ0) is 21.5. The Balaban J connectivity index is 1.44. The number of hydrogen-bond donors (Lipinski definition) is 3. The van der Waals surface area contributed by atoms with Gasteiger partial charge in [0.05, 0.1) is 17.7 Å². The second-order valence-electron chi connectivity index (χ2n) is 11.1. The van der Waals surface area contributed by atoms with Crippen LogP contribution in [0.5, 0.6) is 0 Å². The van der Waals surface area contributed by atoms with Crippen molar-refractivity contribution in [2.45, 2.75) is 77.2 Å². The van der Waals surface area contributed by atoms with Crippen molar-refractivity contribution in [2.24, 2.45) is 51.6 Å². The summed E-state index contributed by atoms with van der Waals surface area (Å²) < 4.78 is 0. The van der Waals surface area contributed by atoms with E-state index in [0.29, 0.717) is 24.0 Å². The average molecular weight is 411 g/mol. The molecule has 30 heavy (non-hydrogen) atoms. The van der Waals surface area contributed by atoms with Crippen LogP contribution in [0.3, 0.4) is 0 Å². The van der Waals surface area contributed by atoms with Gasteiger partial charge >= 0.3 is 0 Å². The Labute approximate surface area is 181 Å². The van der Waals surface area contributed by atoms with E-state index in [-0.39, 0.29) is 5.41 Å². The molecule has 8 atom stereocenters. The number of fused-ring (bicyclic) bond motifs is 5. The molecule has 0 aliphatic heterocycles. The summed E-state index contributed by atoms with van der Waals surface area (Å²) >= 11 is 0. The number of nitrogens with one attached hydrogen (secondary N) is 1. The molecule has 0 aromatic heterocycles. The third kappa shape index (κ3) is 3.73. The van der Waals surface area contributed by atoms with Crippen LogP contribution in [0.2, 0.25) is 0 Å². The molecule has 0 heterocycles. The summed E-state index contributed by atoms with van der Waals surface area (Å²) in [4.78, 5) is 4.33. The Morgan fingerprint density at radius 3 is 2.63 bits per heavy atom. The van der Waals surface area contributed by atoms with Gasteiger partial charge in [-0.1, -0.05) is 6.92 Å². The van der Waals surface area contributed by atoms with Gasteiger partial charge in [0.25, 0.3) is 0 Å². The van der Waals surface area contributed by atoms with Gasteiger partial charge in [-0.2, -0.15) is 5.26 Å². The number of nitrogens with two attached hydrogens (primary N) is 1. The van der Waals surface area contributed by atoms with Gasteiger partial charge in [0.1, 0.15) is 6.07 Å². The molecule has 5 nitrogen and oxygen atoms in total. The van der Waals surface area contributed by atoms with Crippen molar-refractivity contribution in [2.75, 3.05) is 6.54 Å². The molecule has 0 saturated heterocycles. The highest BCUT2D eigenvalue weighted by atomic mass is 16.3. The van der Waals surface area contributed by atoms with Gasteiger partial charge < -0.3 is 16.2 Å². The van der Waals surface area contributed by atoms with E-state index < -0.39 is 5.60 Å². The van der Waals surface area contributed by atoms with Gasteiger partial charge in [0.2, 0.25) is 0 Å². The summed E-state index contributed by atoms with van der Waals surface area (Å²) in [5.41, 5.74) is 6.26. The second kappa shape index (κ2) is 8.11. The van der Waals surface area contributed by atoms with Crippen LogP contribution in [-0.2, 0) is 0 Å². The second-order valence-corrected chi connectivity index (χ2v) is 11.1. The Bertz CT molecular complexity index is 779. The highest BCUT2D eigenvalue weighted by Crippen LogP contribution is 2.64. The van der Waals surface area contributed by atoms with Crippen LogP contribution < -0.4 is 5.73 Å². The third-order valence-corrected chi connectivity index (χ3v) is 9.46. The number of aliphatic hydroxyl groups is 1. The first kappa shape index (κ1) is 21.6. The first-order chi connectivity index (χ1) is 14.3. The first-order valence-electron chi connectivity index (χ1n) is 11.9. The Hall–Kier alpha value is -1.67. The quantitative estimate of drug-likeness (QED) is 0.470. The van der Waals surface area contributed by atoms with Crippen molar-refractivity contribution in [1.29, 1.82) is 10.7 Å². The van der Waals surface area contributed by atoms with Crippen LogP contribution >= 0.6 is 0 Å². The van der Waals surface area contributed by atoms with Crippen LogP contribution in [0.25, 0.3) is 0 Å². The molecule has 7 unspecified atom stereocenters. The minimum atomic E-state index is -0.449. The fourth-order valence-corrected chi connectivity index (χ4v) is 8.12. The minimum Gasteiger partial charge on any atom is -0.403 e. The largest absolute Gasteiger partial charge is 0.403 e. The smallest absolute Gasteiger partial charge is 0.102 e. The normalized spacial score (nSPS) is 46.0. The van der Waals surface area contributed by atoms with E-state index >= 15 is 0 Å². The SMILES string of the molecule is CC12CCC3C4CC[C@@](C)(O)CC4CCC3C1CCC2C(=N)CN=C/C(C#N)=C\N. The lowest BCUT2D eigenvalue weighted by atomic mass is 9.49. The van der Waals surface area contributed by atoms with Crippen molar-refractivity contribution < 1.29 is 5.11 Å². The van der Waals surface area contributed by atoms with Crippen LogP contribution in [0, 0.1) is 57.7 Å². The monoisotopic (exact) mass is 410 g/mol. The van der Waals surface area contributed by atoms with Gasteiger partial charge in [0, 0.05) is 24.0 Å². The fraction of sp³-hybridized carbons (Fsp3) is 0.800. The maximum Gasteiger partial charge on any atom is 0.102 e. The van der Waals surface area contributed by atoms with Crippen molar-refractivity contribution in [1.82, 2.24) is 0 Å². The number of nitriles is 1. The van der Waals surface area contributed by atoms with E-state index in [1.165, 1.54) is 50.9 Å². The third-order valence-electron chi connectivity index (χ3n) is 9.46. The van der Waals surface area contributed by atoms with E-state index in [1.807, 2.05) is 13.0 Å². The molecule has 4 fully saturated rings. The topological polar surface area (TPSA) is 106 Å². The summed E-state index contributed by atoms with van der Waals surface area (Å²) in [6.45, 7) is 4.85. The standard InChI is InChI=1S/C25H38N4O/c1-24(30)9-7-18-17(11-24)3-4-20-19(18)8-10-25(2)21(20)5-6-22(25)23(28)15-29-14-16(12-26)13-27/h12,14,17-22,28,30H,3-11,15,26H2,1-2H3/b16-12-,28-23?,29-14?/t17?,18?,19?,20?,21?,22?,24-,25?/m1/s1. The number of allylic oxidation sites excluding steroid dienone is 1. The molecule has 4 N–H and O–H groups in total. The average Bonchev–Trinajstić information content (AvgIpc) is 3.07. The van der Waals surface area contributed by atoms with Gasteiger partial charge in [-0.25, -0.2) is 0 Å². The Morgan fingerprint density at radius 1 is 1.13 bits per heavy atom. The Kier molecular flexibility index (Phi) is 5.83. The van der Waals surface area contributed by atoms with Gasteiger partial charge in [-0.05, 0) is 99.7 Å². The lowest BCUT2D eigenvalue weighted by molar-refractivity contribution is -0.0965. The molecule has 4 rings (SSSR count). The van der Waals surface area contributed by atoms with E-state index in [4.69, 9.17) is 16.4 Å². The lowest BCUT2D eigenvalue weighted by Crippen LogP contribution is -2.51. The molecular formula is C25H38N4O. The van der Waals surface area contributed by atoms with Gasteiger partial charge in [0.15, 0.2) is 0 Å². The highest BCUT2D eigenvalue weighted by Gasteiger charge is 2.58. The summed E-state index contributed by atoms with van der Waals surface area (Å²) in [5.74, 6) is 4.21. The fourth-order valence-electron chi connectivity index (χ4n) is 8.12. The summed E-state index contributed by atoms with van der Waals surface area (Å²) in [7, 11) is 0. The lowest BCUT2D eigenvalue weighted by Gasteiger charge is -2.57. The molecule has 4 aliphatic rings. The van der Waals surface area contributed by atoms with Crippen molar-refractivity contribution in [3.05, 3.63) is 11.8 Å². The van der Waals surface area contributed by atoms with Crippen LogP contribution in [-0.4, -0.2) is 29.2 Å². The molecule has 0 amide bonds. The van der Waals surface area contributed by atoms with Crippen LogP contribution in [0.15, 0.2) is 16.8 Å². The van der Waals surface area contributed by atoms with Crippen molar-refractivity contribution in [3.8, 4) is 6.07 Å². The molecule has 0 aromatic carbocycles. The molecule has 4 aliphatic carbocycles. The zero-order valence-electron chi connectivity index (χ0n) is 18.6. The predicted molar refractivity (Wildman–Crippen MR) is 120 cm³/mol. The van der Waals surface area contributed by atoms with Crippen molar-refractivity contribution >= 4 is 11.9 Å². The number of aliphatic imine (C=N–C) groups is 1. The van der Waals surface area contributed by atoms with E-state index in [2.05, 4.69) is 11.9 Å². The summed E-state index contributed by atoms with van der Waals surface area (Å²) in [6.07, 6.45) is 13.4. The number of nitrogens with zero attached hydrogens (tertiary/aromatic N) is 2. The molecule has 4 saturated carbocycles. The Morgan fingerprint density at radius 2 is 1.90 bits per heavy atom. The molecule has 0 aromatic rings. The van der Waals surface area contributed by atoms with Crippen LogP contribution in [0.4, 0.5) is 0 Å². The van der Waals surface area contributed by atoms with Crippen molar-refractivity contribution in [3.63, 3.8) is 0 Å². The van der Waals surface area contributed by atoms with E-state index in [9.17, 15) is 5.11 Å². The minimum absolute atomic E-state index is 0.225. The molecule has 0 bridgehead atoms. The molecule has 5 heteroatoms. The number of rotatable bonds is 4. The van der Waals surface area contributed by atoms with Crippen LogP contribution in [0.1, 0.15) is 71.6 Å². The first-order valence-corrected chi connectivity index (χ1v) is 11.9. The highest BCUT2D eigenvalue weighted by molar-refractivity contribution is 5.90. The molecule has 0 spiro atoms. The summed E-state index contributed by atoms with van der Waals surface area (Å²) in [5, 5.41) is 28.3.